The van der Waals surface area contributed by atoms with Crippen molar-refractivity contribution in [1.82, 2.24) is 0 Å². The lowest BCUT2D eigenvalue weighted by atomic mass is 9.68. The highest BCUT2D eigenvalue weighted by Gasteiger charge is 2.72. The number of nitrogen functional groups attached to an aromatic ring is 1. The fourth-order valence-electron chi connectivity index (χ4n) is 4.51. The van der Waals surface area contributed by atoms with Gasteiger partial charge in [0.15, 0.2) is 0 Å². The highest BCUT2D eigenvalue weighted by atomic mass is 19.4. The van der Waals surface area contributed by atoms with Gasteiger partial charge in [-0.3, -0.25) is 0 Å². The molecule has 190 valence electrons. The molecule has 0 radical (unpaired) electrons. The van der Waals surface area contributed by atoms with Gasteiger partial charge in [0.25, 0.3) is 0 Å². The Morgan fingerprint density at radius 2 is 0.853 bits per heavy atom. The molecule has 0 aliphatic carbocycles. The summed E-state index contributed by atoms with van der Waals surface area (Å²) in [5, 5.41) is 0. The number of benzene rings is 2. The maximum Gasteiger partial charge on any atom is 0.411 e. The minimum absolute atomic E-state index is 0.106. The first-order valence-electron chi connectivity index (χ1n) is 11.1. The quantitative estimate of drug-likeness (QED) is 0.333. The van der Waals surface area contributed by atoms with Crippen molar-refractivity contribution in [3.63, 3.8) is 0 Å². The molecular weight excluding hydrogens is 452 g/mol. The van der Waals surface area contributed by atoms with Gasteiger partial charge in [0.2, 0.25) is 5.41 Å². The first kappa shape index (κ1) is 28.1. The second-order valence-corrected chi connectivity index (χ2v) is 12.1. The molecule has 0 atom stereocenters. The Morgan fingerprint density at radius 3 is 1.18 bits per heavy atom. The van der Waals surface area contributed by atoms with E-state index >= 15 is 0 Å². The van der Waals surface area contributed by atoms with Gasteiger partial charge in [0.05, 0.1) is 0 Å². The van der Waals surface area contributed by atoms with Crippen molar-refractivity contribution in [2.24, 2.45) is 0 Å². The molecule has 2 aromatic rings. The summed E-state index contributed by atoms with van der Waals surface area (Å²) in [4.78, 5) is 0. The summed E-state index contributed by atoms with van der Waals surface area (Å²) in [5.41, 5.74) is -0.223. The van der Waals surface area contributed by atoms with Gasteiger partial charge in [-0.1, -0.05) is 92.6 Å². The van der Waals surface area contributed by atoms with Gasteiger partial charge in [0, 0.05) is 5.69 Å². The van der Waals surface area contributed by atoms with Crippen LogP contribution in [0, 0.1) is 0 Å². The van der Waals surface area contributed by atoms with E-state index in [1.54, 1.807) is 41.5 Å². The molecule has 2 N–H and O–H groups in total. The summed E-state index contributed by atoms with van der Waals surface area (Å²) >= 11 is 0. The predicted octanol–water partition coefficient (Wildman–Crippen LogP) is 8.57. The van der Waals surface area contributed by atoms with E-state index in [4.69, 9.17) is 5.73 Å². The Morgan fingerprint density at radius 1 is 0.500 bits per heavy atom. The summed E-state index contributed by atoms with van der Waals surface area (Å²) in [6.07, 6.45) is -11.3. The Kier molecular flexibility index (Phi) is 6.77. The maximum atomic E-state index is 14.7. The summed E-state index contributed by atoms with van der Waals surface area (Å²) < 4.78 is 88.3. The lowest BCUT2D eigenvalue weighted by molar-refractivity contribution is -0.288. The molecule has 2 rings (SSSR count). The first-order chi connectivity index (χ1) is 15.0. The molecule has 34 heavy (non-hydrogen) atoms. The fraction of sp³-hybridized carbons (Fsp3) is 0.556. The SMILES string of the molecule is CC(C)(C)c1ccc(C(c2ccc(C(C)(C)C)c(C(C)(C)C)c2)(C(F)(F)F)C(F)(F)F)cc1N. The van der Waals surface area contributed by atoms with Crippen LogP contribution >= 0.6 is 0 Å². The number of alkyl halides is 6. The number of anilines is 1. The summed E-state index contributed by atoms with van der Waals surface area (Å²) in [6.45, 7) is 16.3. The first-order valence-corrected chi connectivity index (χ1v) is 11.1. The molecule has 0 bridgehead atoms. The van der Waals surface area contributed by atoms with E-state index in [2.05, 4.69) is 0 Å². The van der Waals surface area contributed by atoms with Crippen LogP contribution in [0.2, 0.25) is 0 Å². The number of nitrogens with two attached hydrogens (primary N) is 1. The summed E-state index contributed by atoms with van der Waals surface area (Å²) in [6, 6.07) is 6.45. The molecule has 0 saturated carbocycles. The smallest absolute Gasteiger partial charge is 0.398 e. The number of halogens is 6. The molecule has 0 aromatic heterocycles. The van der Waals surface area contributed by atoms with Crippen molar-refractivity contribution < 1.29 is 26.3 Å². The standard InChI is InChI=1S/C27H35F6N/c1-22(2,3)18-12-10-16(14-20(18)24(7,8)9)25(26(28,29)30,27(31,32)33)17-11-13-19(21(34)15-17)23(4,5)6/h10-15H,34H2,1-9H3. The molecule has 0 unspecified atom stereocenters. The molecule has 0 aliphatic heterocycles. The second-order valence-electron chi connectivity index (χ2n) is 12.1. The third-order valence-electron chi connectivity index (χ3n) is 6.21. The Bertz CT molecular complexity index is 1030. The topological polar surface area (TPSA) is 26.0 Å². The molecule has 1 nitrogen and oxygen atoms in total. The highest BCUT2D eigenvalue weighted by molar-refractivity contribution is 5.58. The van der Waals surface area contributed by atoms with Crippen LogP contribution < -0.4 is 5.73 Å². The number of hydrogen-bond acceptors (Lipinski definition) is 1. The van der Waals surface area contributed by atoms with Gasteiger partial charge < -0.3 is 5.73 Å². The maximum absolute atomic E-state index is 14.7. The van der Waals surface area contributed by atoms with E-state index in [9.17, 15) is 26.3 Å². The lowest BCUT2D eigenvalue weighted by Crippen LogP contribution is -2.55. The average molecular weight is 488 g/mol. The van der Waals surface area contributed by atoms with E-state index < -0.39 is 45.1 Å². The van der Waals surface area contributed by atoms with Crippen LogP contribution in [0.4, 0.5) is 32.0 Å². The number of rotatable bonds is 2. The summed E-state index contributed by atoms with van der Waals surface area (Å²) in [5.74, 6) is 0. The van der Waals surface area contributed by atoms with Gasteiger partial charge in [-0.25, -0.2) is 0 Å². The zero-order valence-electron chi connectivity index (χ0n) is 21.3. The van der Waals surface area contributed by atoms with Crippen LogP contribution in [-0.4, -0.2) is 12.4 Å². The molecule has 7 heteroatoms. The van der Waals surface area contributed by atoms with Crippen LogP contribution in [-0.2, 0) is 21.7 Å². The third-order valence-corrected chi connectivity index (χ3v) is 6.21. The average Bonchev–Trinajstić information content (AvgIpc) is 2.57. The largest absolute Gasteiger partial charge is 0.411 e. The molecule has 0 heterocycles. The predicted molar refractivity (Wildman–Crippen MR) is 126 cm³/mol. The van der Waals surface area contributed by atoms with Crippen molar-refractivity contribution >= 4 is 5.69 Å². The van der Waals surface area contributed by atoms with Crippen LogP contribution in [0.3, 0.4) is 0 Å². The highest BCUT2D eigenvalue weighted by Crippen LogP contribution is 2.57. The van der Waals surface area contributed by atoms with Crippen molar-refractivity contribution in [1.29, 1.82) is 0 Å². The van der Waals surface area contributed by atoms with Gasteiger partial charge in [-0.05, 0) is 50.1 Å². The Hall–Kier alpha value is -2.18. The van der Waals surface area contributed by atoms with Crippen LogP contribution in [0.1, 0.15) is 90.1 Å². The van der Waals surface area contributed by atoms with Crippen LogP contribution in [0.5, 0.6) is 0 Å². The van der Waals surface area contributed by atoms with E-state index in [1.807, 2.05) is 20.8 Å². The molecule has 0 aliphatic rings. The monoisotopic (exact) mass is 487 g/mol. The number of hydrogen-bond donors (Lipinski definition) is 1. The second kappa shape index (κ2) is 8.20. The molecule has 0 saturated heterocycles. The van der Waals surface area contributed by atoms with Crippen molar-refractivity contribution in [3.8, 4) is 0 Å². The molecule has 0 fully saturated rings. The van der Waals surface area contributed by atoms with Crippen molar-refractivity contribution in [2.75, 3.05) is 5.73 Å². The van der Waals surface area contributed by atoms with Gasteiger partial charge in [-0.15, -0.1) is 0 Å². The zero-order valence-corrected chi connectivity index (χ0v) is 21.3. The van der Waals surface area contributed by atoms with E-state index in [0.29, 0.717) is 16.7 Å². The van der Waals surface area contributed by atoms with Gasteiger partial charge >= 0.3 is 12.4 Å². The van der Waals surface area contributed by atoms with E-state index in [-0.39, 0.29) is 5.69 Å². The Labute approximate surface area is 198 Å². The van der Waals surface area contributed by atoms with Crippen molar-refractivity contribution in [3.05, 3.63) is 64.2 Å². The molecule has 2 aromatic carbocycles. The normalized spacial score (nSPS) is 14.4. The minimum atomic E-state index is -5.67. The Balaban J connectivity index is 3.06. The van der Waals surface area contributed by atoms with Crippen LogP contribution in [0.25, 0.3) is 0 Å². The zero-order chi connectivity index (χ0) is 26.7. The van der Waals surface area contributed by atoms with E-state index in [1.165, 1.54) is 12.1 Å². The van der Waals surface area contributed by atoms with Crippen LogP contribution in [0.15, 0.2) is 36.4 Å². The molecule has 0 spiro atoms. The molecule has 0 amide bonds. The molecular formula is C27H35F6N. The lowest BCUT2D eigenvalue weighted by Gasteiger charge is -2.40. The minimum Gasteiger partial charge on any atom is -0.398 e. The van der Waals surface area contributed by atoms with Crippen molar-refractivity contribution in [2.45, 2.75) is 96.3 Å². The third kappa shape index (κ3) is 4.80. The van der Waals surface area contributed by atoms with Gasteiger partial charge in [0.1, 0.15) is 0 Å². The summed E-state index contributed by atoms with van der Waals surface area (Å²) in [7, 11) is 0. The van der Waals surface area contributed by atoms with E-state index in [0.717, 1.165) is 24.3 Å². The fourth-order valence-corrected chi connectivity index (χ4v) is 4.51. The van der Waals surface area contributed by atoms with Gasteiger partial charge in [-0.2, -0.15) is 26.3 Å².